The lowest BCUT2D eigenvalue weighted by atomic mass is 9.81. The zero-order chi connectivity index (χ0) is 13.2. The SMILES string of the molecule is CC(C)(C)[C@H]1OCC[C@@H]1CNC(=O)C1CCCO1. The lowest BCUT2D eigenvalue weighted by Crippen LogP contribution is -2.41. The second-order valence-electron chi connectivity index (χ2n) is 6.45. The van der Waals surface area contributed by atoms with Crippen molar-refractivity contribution in [2.24, 2.45) is 11.3 Å². The molecule has 0 spiro atoms. The third-order valence-electron chi connectivity index (χ3n) is 3.83. The fourth-order valence-corrected chi connectivity index (χ4v) is 2.93. The van der Waals surface area contributed by atoms with E-state index in [0.29, 0.717) is 12.5 Å². The summed E-state index contributed by atoms with van der Waals surface area (Å²) in [7, 11) is 0. The summed E-state index contributed by atoms with van der Waals surface area (Å²) in [5, 5.41) is 3.02. The van der Waals surface area contributed by atoms with E-state index in [0.717, 1.165) is 32.5 Å². The van der Waals surface area contributed by atoms with Gasteiger partial charge in [-0.1, -0.05) is 20.8 Å². The van der Waals surface area contributed by atoms with Gasteiger partial charge in [0.05, 0.1) is 6.10 Å². The molecule has 2 aliphatic rings. The molecule has 4 heteroatoms. The highest BCUT2D eigenvalue weighted by atomic mass is 16.5. The first kappa shape index (κ1) is 13.8. The minimum Gasteiger partial charge on any atom is -0.377 e. The zero-order valence-electron chi connectivity index (χ0n) is 11.7. The summed E-state index contributed by atoms with van der Waals surface area (Å²) in [6, 6.07) is 0. The molecule has 0 aromatic carbocycles. The van der Waals surface area contributed by atoms with Gasteiger partial charge in [-0.05, 0) is 24.7 Å². The van der Waals surface area contributed by atoms with Gasteiger partial charge in [-0.2, -0.15) is 0 Å². The zero-order valence-corrected chi connectivity index (χ0v) is 11.7. The molecule has 0 aliphatic carbocycles. The molecule has 18 heavy (non-hydrogen) atoms. The van der Waals surface area contributed by atoms with Crippen molar-refractivity contribution < 1.29 is 14.3 Å². The molecule has 2 rings (SSSR count). The normalized spacial score (nSPS) is 32.7. The molecule has 2 aliphatic heterocycles. The van der Waals surface area contributed by atoms with E-state index in [1.165, 1.54) is 0 Å². The minimum absolute atomic E-state index is 0.0482. The Morgan fingerprint density at radius 1 is 1.22 bits per heavy atom. The molecule has 104 valence electrons. The standard InChI is InChI=1S/C14H25NO3/c1-14(2,3)12-10(6-8-18-12)9-15-13(16)11-5-4-7-17-11/h10-12H,4-9H2,1-3H3,(H,15,16)/t10-,11?,12+/m1/s1. The summed E-state index contributed by atoms with van der Waals surface area (Å²) < 4.78 is 11.2. The maximum atomic E-state index is 11.9. The Labute approximate surface area is 109 Å². The van der Waals surface area contributed by atoms with E-state index in [4.69, 9.17) is 9.47 Å². The molecule has 1 amide bonds. The average molecular weight is 255 g/mol. The van der Waals surface area contributed by atoms with Gasteiger partial charge in [-0.3, -0.25) is 4.79 Å². The highest BCUT2D eigenvalue weighted by Gasteiger charge is 2.37. The first-order valence-electron chi connectivity index (χ1n) is 6.99. The van der Waals surface area contributed by atoms with Crippen molar-refractivity contribution in [3.05, 3.63) is 0 Å². The van der Waals surface area contributed by atoms with Crippen LogP contribution in [0.1, 0.15) is 40.0 Å². The Kier molecular flexibility index (Phi) is 4.28. The van der Waals surface area contributed by atoms with Crippen LogP contribution in [0.5, 0.6) is 0 Å². The predicted octanol–water partition coefficient (Wildman–Crippen LogP) is 1.73. The Morgan fingerprint density at radius 2 is 2.00 bits per heavy atom. The van der Waals surface area contributed by atoms with Crippen molar-refractivity contribution in [1.29, 1.82) is 0 Å². The predicted molar refractivity (Wildman–Crippen MR) is 69.3 cm³/mol. The lowest BCUT2D eigenvalue weighted by Gasteiger charge is -2.31. The molecule has 2 heterocycles. The number of hydrogen-bond acceptors (Lipinski definition) is 3. The summed E-state index contributed by atoms with van der Waals surface area (Å²) in [4.78, 5) is 11.9. The van der Waals surface area contributed by atoms with Crippen LogP contribution in [0.25, 0.3) is 0 Å². The summed E-state index contributed by atoms with van der Waals surface area (Å²) in [6.45, 7) is 8.81. The molecule has 0 bridgehead atoms. The maximum absolute atomic E-state index is 11.9. The van der Waals surface area contributed by atoms with Gasteiger partial charge < -0.3 is 14.8 Å². The van der Waals surface area contributed by atoms with E-state index in [2.05, 4.69) is 26.1 Å². The summed E-state index contributed by atoms with van der Waals surface area (Å²) >= 11 is 0. The highest BCUT2D eigenvalue weighted by molar-refractivity contribution is 5.80. The molecule has 0 aromatic heterocycles. The van der Waals surface area contributed by atoms with Crippen LogP contribution in [0.4, 0.5) is 0 Å². The third-order valence-corrected chi connectivity index (χ3v) is 3.83. The fourth-order valence-electron chi connectivity index (χ4n) is 2.93. The van der Waals surface area contributed by atoms with Gasteiger partial charge in [-0.15, -0.1) is 0 Å². The molecule has 3 atom stereocenters. The van der Waals surface area contributed by atoms with Gasteiger partial charge in [0, 0.05) is 25.7 Å². The minimum atomic E-state index is -0.222. The Balaban J connectivity index is 1.80. The number of hydrogen-bond donors (Lipinski definition) is 1. The Bertz CT molecular complexity index is 292. The Hall–Kier alpha value is -0.610. The van der Waals surface area contributed by atoms with E-state index in [9.17, 15) is 4.79 Å². The smallest absolute Gasteiger partial charge is 0.249 e. The fraction of sp³-hybridized carbons (Fsp3) is 0.929. The summed E-state index contributed by atoms with van der Waals surface area (Å²) in [6.07, 6.45) is 2.90. The van der Waals surface area contributed by atoms with Gasteiger partial charge in [0.1, 0.15) is 6.10 Å². The van der Waals surface area contributed by atoms with E-state index in [1.54, 1.807) is 0 Å². The van der Waals surface area contributed by atoms with E-state index in [1.807, 2.05) is 0 Å². The molecule has 1 unspecified atom stereocenters. The van der Waals surface area contributed by atoms with Gasteiger partial charge in [0.15, 0.2) is 0 Å². The van der Waals surface area contributed by atoms with Crippen LogP contribution >= 0.6 is 0 Å². The monoisotopic (exact) mass is 255 g/mol. The van der Waals surface area contributed by atoms with Crippen molar-refractivity contribution >= 4 is 5.91 Å². The lowest BCUT2D eigenvalue weighted by molar-refractivity contribution is -0.130. The number of carbonyl (C=O) groups excluding carboxylic acids is 1. The summed E-state index contributed by atoms with van der Waals surface area (Å²) in [5.74, 6) is 0.474. The second kappa shape index (κ2) is 5.57. The van der Waals surface area contributed by atoms with E-state index >= 15 is 0 Å². The number of ether oxygens (including phenoxy) is 2. The van der Waals surface area contributed by atoms with Crippen molar-refractivity contribution in [3.8, 4) is 0 Å². The van der Waals surface area contributed by atoms with Crippen LogP contribution in [0.3, 0.4) is 0 Å². The summed E-state index contributed by atoms with van der Waals surface area (Å²) in [5.41, 5.74) is 0.135. The van der Waals surface area contributed by atoms with Gasteiger partial charge in [0.25, 0.3) is 0 Å². The van der Waals surface area contributed by atoms with Crippen molar-refractivity contribution in [2.75, 3.05) is 19.8 Å². The maximum Gasteiger partial charge on any atom is 0.249 e. The topological polar surface area (TPSA) is 47.6 Å². The van der Waals surface area contributed by atoms with Crippen molar-refractivity contribution in [3.63, 3.8) is 0 Å². The number of nitrogens with one attached hydrogen (secondary N) is 1. The van der Waals surface area contributed by atoms with Crippen LogP contribution < -0.4 is 5.32 Å². The van der Waals surface area contributed by atoms with Crippen LogP contribution in [0.15, 0.2) is 0 Å². The number of carbonyl (C=O) groups is 1. The van der Waals surface area contributed by atoms with Crippen LogP contribution in [-0.4, -0.2) is 37.9 Å². The average Bonchev–Trinajstić information content (AvgIpc) is 2.95. The van der Waals surface area contributed by atoms with Crippen molar-refractivity contribution in [2.45, 2.75) is 52.2 Å². The van der Waals surface area contributed by atoms with Gasteiger partial charge >= 0.3 is 0 Å². The van der Waals surface area contributed by atoms with Crippen LogP contribution in [-0.2, 0) is 14.3 Å². The second-order valence-corrected chi connectivity index (χ2v) is 6.45. The van der Waals surface area contributed by atoms with Gasteiger partial charge in [-0.25, -0.2) is 0 Å². The molecule has 1 N–H and O–H groups in total. The molecular weight excluding hydrogens is 230 g/mol. The quantitative estimate of drug-likeness (QED) is 0.835. The molecular formula is C14H25NO3. The third kappa shape index (κ3) is 3.23. The van der Waals surface area contributed by atoms with Gasteiger partial charge in [0.2, 0.25) is 5.91 Å². The molecule has 2 saturated heterocycles. The molecule has 0 saturated carbocycles. The molecule has 0 aromatic rings. The Morgan fingerprint density at radius 3 is 2.61 bits per heavy atom. The van der Waals surface area contributed by atoms with E-state index in [-0.39, 0.29) is 23.5 Å². The van der Waals surface area contributed by atoms with Crippen LogP contribution in [0, 0.1) is 11.3 Å². The molecule has 2 fully saturated rings. The number of rotatable bonds is 3. The first-order chi connectivity index (χ1) is 8.48. The molecule has 0 radical (unpaired) electrons. The highest BCUT2D eigenvalue weighted by Crippen LogP contribution is 2.34. The first-order valence-corrected chi connectivity index (χ1v) is 6.99. The van der Waals surface area contributed by atoms with Crippen LogP contribution in [0.2, 0.25) is 0 Å². The largest absolute Gasteiger partial charge is 0.377 e. The molecule has 4 nitrogen and oxygen atoms in total. The van der Waals surface area contributed by atoms with Crippen molar-refractivity contribution in [1.82, 2.24) is 5.32 Å². The van der Waals surface area contributed by atoms with E-state index < -0.39 is 0 Å². The number of amides is 1.